The third-order valence-corrected chi connectivity index (χ3v) is 3.27. The summed E-state index contributed by atoms with van der Waals surface area (Å²) in [7, 11) is 0. The maximum absolute atomic E-state index is 4.37. The average Bonchev–Trinajstić information content (AvgIpc) is 2.60. The molecule has 15 heavy (non-hydrogen) atoms. The predicted octanol–water partition coefficient (Wildman–Crippen LogP) is 3.20. The van der Waals surface area contributed by atoms with Crippen molar-refractivity contribution in [1.82, 2.24) is 15.2 Å². The summed E-state index contributed by atoms with van der Waals surface area (Å²) >= 11 is 0. The van der Waals surface area contributed by atoms with E-state index in [-0.39, 0.29) is 6.84 Å². The minimum atomic E-state index is 0. The van der Waals surface area contributed by atoms with Crippen LogP contribution in [0.4, 0.5) is 0 Å². The van der Waals surface area contributed by atoms with Gasteiger partial charge < -0.3 is 0 Å². The Balaban J connectivity index is 0.00000128. The molecule has 0 aliphatic rings. The molecule has 0 atom stereocenters. The highest BCUT2D eigenvalue weighted by molar-refractivity contribution is 5.78. The number of rotatable bonds is 2. The van der Waals surface area contributed by atoms with Crippen LogP contribution in [0.1, 0.15) is 39.9 Å². The Morgan fingerprint density at radius 2 is 2.20 bits per heavy atom. The van der Waals surface area contributed by atoms with Gasteiger partial charge in [-0.1, -0.05) is 20.8 Å². The molecule has 0 saturated carbocycles. The lowest BCUT2D eigenvalue weighted by Gasteiger charge is -2.22. The van der Waals surface area contributed by atoms with Crippen molar-refractivity contribution in [2.45, 2.75) is 39.5 Å². The summed E-state index contributed by atoms with van der Waals surface area (Å²) in [6.45, 7) is 8.71. The first-order valence-corrected chi connectivity index (χ1v) is 5.36. The summed E-state index contributed by atoms with van der Waals surface area (Å²) in [5, 5.41) is 8.23. The summed E-state index contributed by atoms with van der Waals surface area (Å²) in [4.78, 5) is 4.37. The van der Waals surface area contributed by atoms with Crippen molar-refractivity contribution in [2.24, 2.45) is 0 Å². The monoisotopic (exact) mass is 205 g/mol. The van der Waals surface area contributed by atoms with E-state index >= 15 is 0 Å². The van der Waals surface area contributed by atoms with Crippen molar-refractivity contribution in [3.63, 3.8) is 0 Å². The quantitative estimate of drug-likeness (QED) is 0.818. The first-order valence-electron chi connectivity index (χ1n) is 5.36. The van der Waals surface area contributed by atoms with Crippen LogP contribution in [0.25, 0.3) is 11.0 Å². The van der Waals surface area contributed by atoms with Crippen LogP contribution in [-0.4, -0.2) is 15.2 Å². The molecule has 0 unspecified atom stereocenters. The van der Waals surface area contributed by atoms with Crippen LogP contribution < -0.4 is 0 Å². The summed E-state index contributed by atoms with van der Waals surface area (Å²) in [5.41, 5.74) is 3.36. The van der Waals surface area contributed by atoms with E-state index in [1.807, 2.05) is 13.1 Å². The highest BCUT2D eigenvalue weighted by Gasteiger charge is 2.19. The largest absolute Gasteiger partial charge is 0.280 e. The zero-order valence-corrected chi connectivity index (χ0v) is 9.76. The van der Waals surface area contributed by atoms with Gasteiger partial charge in [0.05, 0.1) is 0 Å². The number of pyridine rings is 1. The van der Waals surface area contributed by atoms with Crippen LogP contribution in [0.2, 0.25) is 0 Å². The molecule has 1 N–H and O–H groups in total. The van der Waals surface area contributed by atoms with E-state index in [2.05, 4.69) is 42.0 Å². The SMILES string of the molecule is CCC(C)(C)c1cnc2n[nH]c(C)c2c1.[HH]. The van der Waals surface area contributed by atoms with E-state index in [1.54, 1.807) is 0 Å². The van der Waals surface area contributed by atoms with Crippen LogP contribution in [-0.2, 0) is 5.41 Å². The fourth-order valence-electron chi connectivity index (χ4n) is 1.59. The first-order chi connectivity index (χ1) is 7.04. The molecule has 0 aliphatic carbocycles. The van der Waals surface area contributed by atoms with Crippen molar-refractivity contribution in [2.75, 3.05) is 0 Å². The van der Waals surface area contributed by atoms with Gasteiger partial charge >= 0.3 is 0 Å². The Morgan fingerprint density at radius 1 is 1.47 bits per heavy atom. The molecule has 2 aromatic heterocycles. The zero-order chi connectivity index (χ0) is 11.1. The molecular formula is C12H19N3. The highest BCUT2D eigenvalue weighted by Crippen LogP contribution is 2.28. The number of hydrogen-bond donors (Lipinski definition) is 1. The molecular weight excluding hydrogens is 186 g/mol. The molecule has 2 rings (SSSR count). The van der Waals surface area contributed by atoms with Crippen LogP contribution in [0.5, 0.6) is 0 Å². The summed E-state index contributed by atoms with van der Waals surface area (Å²) < 4.78 is 0. The fraction of sp³-hybridized carbons (Fsp3) is 0.500. The van der Waals surface area contributed by atoms with Crippen molar-refractivity contribution in [3.05, 3.63) is 23.5 Å². The fourth-order valence-corrected chi connectivity index (χ4v) is 1.59. The topological polar surface area (TPSA) is 41.6 Å². The number of H-pyrrole nitrogens is 1. The molecule has 3 nitrogen and oxygen atoms in total. The molecule has 0 saturated heterocycles. The smallest absolute Gasteiger partial charge is 0.181 e. The second-order valence-electron chi connectivity index (χ2n) is 4.68. The molecule has 0 spiro atoms. The number of aryl methyl sites for hydroxylation is 1. The Kier molecular flexibility index (Phi) is 2.25. The van der Waals surface area contributed by atoms with Crippen molar-refractivity contribution >= 4 is 11.0 Å². The maximum atomic E-state index is 4.37. The lowest BCUT2D eigenvalue weighted by Crippen LogP contribution is -2.15. The lowest BCUT2D eigenvalue weighted by molar-refractivity contribution is 0.505. The third-order valence-electron chi connectivity index (χ3n) is 3.27. The van der Waals surface area contributed by atoms with E-state index in [0.29, 0.717) is 0 Å². The van der Waals surface area contributed by atoms with Crippen molar-refractivity contribution < 1.29 is 1.43 Å². The number of nitrogens with zero attached hydrogens (tertiary/aromatic N) is 2. The number of hydrogen-bond acceptors (Lipinski definition) is 2. The van der Waals surface area contributed by atoms with Gasteiger partial charge in [-0.2, -0.15) is 5.10 Å². The third kappa shape index (κ3) is 1.62. The molecule has 0 aromatic carbocycles. The van der Waals surface area contributed by atoms with Gasteiger partial charge in [0.2, 0.25) is 0 Å². The molecule has 2 aromatic rings. The number of nitrogens with one attached hydrogen (secondary N) is 1. The van der Waals surface area contributed by atoms with Gasteiger partial charge in [-0.3, -0.25) is 5.10 Å². The van der Waals surface area contributed by atoms with Gasteiger partial charge in [-0.15, -0.1) is 0 Å². The van der Waals surface area contributed by atoms with Crippen LogP contribution in [0.3, 0.4) is 0 Å². The molecule has 0 aliphatic heterocycles. The van der Waals surface area contributed by atoms with E-state index in [9.17, 15) is 0 Å². The number of aromatic amines is 1. The van der Waals surface area contributed by atoms with Gasteiger partial charge in [-0.05, 0) is 30.4 Å². The van der Waals surface area contributed by atoms with Crippen molar-refractivity contribution in [1.29, 1.82) is 0 Å². The molecule has 0 fully saturated rings. The van der Waals surface area contributed by atoms with E-state index in [1.165, 1.54) is 5.56 Å². The first kappa shape index (κ1) is 10.1. The minimum absolute atomic E-state index is 0. The summed E-state index contributed by atoms with van der Waals surface area (Å²) in [6, 6.07) is 2.20. The molecule has 3 heteroatoms. The Hall–Kier alpha value is -1.38. The standard InChI is InChI=1S/C12H17N3.H2/c1-5-12(3,4)9-6-10-8(2)14-15-11(10)13-7-9;/h6-7H,5H2,1-4H3,(H,13,14,15);1H. The van der Waals surface area contributed by atoms with E-state index in [4.69, 9.17) is 0 Å². The molecule has 0 bridgehead atoms. The maximum Gasteiger partial charge on any atom is 0.181 e. The van der Waals surface area contributed by atoms with E-state index < -0.39 is 0 Å². The number of fused-ring (bicyclic) bond motifs is 1. The Morgan fingerprint density at radius 3 is 2.87 bits per heavy atom. The van der Waals surface area contributed by atoms with Crippen LogP contribution >= 0.6 is 0 Å². The zero-order valence-electron chi connectivity index (χ0n) is 9.76. The molecule has 2 heterocycles. The second-order valence-corrected chi connectivity index (χ2v) is 4.68. The summed E-state index contributed by atoms with van der Waals surface area (Å²) in [5.74, 6) is 0. The Bertz CT molecular complexity index is 488. The normalized spacial score (nSPS) is 12.3. The second kappa shape index (κ2) is 3.33. The van der Waals surface area contributed by atoms with Gasteiger partial charge in [-0.25, -0.2) is 4.98 Å². The van der Waals surface area contributed by atoms with Crippen molar-refractivity contribution in [3.8, 4) is 0 Å². The van der Waals surface area contributed by atoms with Gasteiger partial charge in [0.15, 0.2) is 5.65 Å². The van der Waals surface area contributed by atoms with Gasteiger partial charge in [0, 0.05) is 18.7 Å². The number of aromatic nitrogens is 3. The Labute approximate surface area is 91.4 Å². The van der Waals surface area contributed by atoms with Crippen LogP contribution in [0.15, 0.2) is 12.3 Å². The lowest BCUT2D eigenvalue weighted by atomic mass is 9.83. The highest BCUT2D eigenvalue weighted by atomic mass is 15.1. The summed E-state index contributed by atoms with van der Waals surface area (Å²) in [6.07, 6.45) is 3.04. The molecule has 0 amide bonds. The van der Waals surface area contributed by atoms with Crippen LogP contribution in [0, 0.1) is 6.92 Å². The van der Waals surface area contributed by atoms with Gasteiger partial charge in [0.1, 0.15) is 0 Å². The average molecular weight is 205 g/mol. The predicted molar refractivity (Wildman–Crippen MR) is 64.1 cm³/mol. The molecule has 82 valence electrons. The minimum Gasteiger partial charge on any atom is -0.280 e. The van der Waals surface area contributed by atoms with Gasteiger partial charge in [0.25, 0.3) is 0 Å². The van der Waals surface area contributed by atoms with E-state index in [0.717, 1.165) is 23.1 Å². The molecule has 0 radical (unpaired) electrons.